The maximum Gasteiger partial charge on any atom is 0.132 e. The Morgan fingerprint density at radius 3 is 2.76 bits per heavy atom. The van der Waals surface area contributed by atoms with Crippen LogP contribution in [0.1, 0.15) is 15.3 Å². The van der Waals surface area contributed by atoms with Gasteiger partial charge in [-0.2, -0.15) is 0 Å². The number of halogens is 2. The standard InChI is InChI=1S/C12H12BrClN2S/c1-7-3-9(5-16-12(7)14)15-6-10-4-11(13)8(2)17-10/h3-5,15H,6H2,1-2H3. The van der Waals surface area contributed by atoms with Crippen molar-refractivity contribution < 1.29 is 0 Å². The number of thiophene rings is 1. The Labute approximate surface area is 118 Å². The summed E-state index contributed by atoms with van der Waals surface area (Å²) in [6, 6.07) is 4.15. The van der Waals surface area contributed by atoms with E-state index in [9.17, 15) is 0 Å². The molecule has 0 fully saturated rings. The largest absolute Gasteiger partial charge is 0.379 e. The van der Waals surface area contributed by atoms with Crippen LogP contribution in [0.2, 0.25) is 5.15 Å². The van der Waals surface area contributed by atoms with Gasteiger partial charge in [0.15, 0.2) is 0 Å². The fraction of sp³-hybridized carbons (Fsp3) is 0.250. The molecule has 17 heavy (non-hydrogen) atoms. The van der Waals surface area contributed by atoms with Crippen molar-refractivity contribution in [2.24, 2.45) is 0 Å². The van der Waals surface area contributed by atoms with E-state index in [1.54, 1.807) is 17.5 Å². The summed E-state index contributed by atoms with van der Waals surface area (Å²) in [4.78, 5) is 6.70. The molecule has 0 amide bonds. The highest BCUT2D eigenvalue weighted by Gasteiger charge is 2.03. The van der Waals surface area contributed by atoms with Crippen LogP contribution in [0.5, 0.6) is 0 Å². The minimum Gasteiger partial charge on any atom is -0.379 e. The van der Waals surface area contributed by atoms with Gasteiger partial charge in [-0.3, -0.25) is 0 Å². The van der Waals surface area contributed by atoms with Gasteiger partial charge in [0.2, 0.25) is 0 Å². The minimum absolute atomic E-state index is 0.560. The third kappa shape index (κ3) is 3.21. The second-order valence-corrected chi connectivity index (χ2v) is 6.36. The maximum atomic E-state index is 5.88. The van der Waals surface area contributed by atoms with Crippen LogP contribution in [0.15, 0.2) is 22.8 Å². The van der Waals surface area contributed by atoms with Crippen LogP contribution in [0.4, 0.5) is 5.69 Å². The Morgan fingerprint density at radius 2 is 2.18 bits per heavy atom. The number of nitrogens with one attached hydrogen (secondary N) is 1. The molecule has 2 aromatic rings. The molecule has 0 aliphatic heterocycles. The van der Waals surface area contributed by atoms with Crippen molar-refractivity contribution >= 4 is 44.6 Å². The minimum atomic E-state index is 0.560. The van der Waals surface area contributed by atoms with Crippen LogP contribution in [0.25, 0.3) is 0 Å². The van der Waals surface area contributed by atoms with Crippen LogP contribution >= 0.6 is 38.9 Å². The predicted octanol–water partition coefficient (Wildman–Crippen LogP) is 4.79. The molecule has 1 N–H and O–H groups in total. The van der Waals surface area contributed by atoms with Gasteiger partial charge < -0.3 is 5.32 Å². The first-order chi connectivity index (χ1) is 8.06. The molecule has 0 atom stereocenters. The molecule has 2 heterocycles. The summed E-state index contributed by atoms with van der Waals surface area (Å²) in [5.41, 5.74) is 1.98. The molecule has 2 rings (SSSR count). The summed E-state index contributed by atoms with van der Waals surface area (Å²) in [5, 5.41) is 3.90. The number of nitrogens with zero attached hydrogens (tertiary/aromatic N) is 1. The van der Waals surface area contributed by atoms with Gasteiger partial charge in [-0.1, -0.05) is 11.6 Å². The molecule has 0 bridgehead atoms. The second kappa shape index (κ2) is 5.38. The van der Waals surface area contributed by atoms with E-state index in [2.05, 4.69) is 39.2 Å². The molecular formula is C12H12BrClN2S. The van der Waals surface area contributed by atoms with Gasteiger partial charge >= 0.3 is 0 Å². The molecular weight excluding hydrogens is 320 g/mol. The quantitative estimate of drug-likeness (QED) is 0.818. The number of pyridine rings is 1. The van der Waals surface area contributed by atoms with E-state index in [1.165, 1.54) is 14.2 Å². The van der Waals surface area contributed by atoms with E-state index < -0.39 is 0 Å². The number of anilines is 1. The van der Waals surface area contributed by atoms with E-state index in [0.29, 0.717) is 5.15 Å². The van der Waals surface area contributed by atoms with E-state index in [1.807, 2.05) is 13.0 Å². The van der Waals surface area contributed by atoms with Crippen molar-refractivity contribution in [3.05, 3.63) is 43.3 Å². The van der Waals surface area contributed by atoms with Gasteiger partial charge in [0, 0.05) is 20.8 Å². The summed E-state index contributed by atoms with van der Waals surface area (Å²) < 4.78 is 1.17. The van der Waals surface area contributed by atoms with Crippen molar-refractivity contribution in [2.45, 2.75) is 20.4 Å². The fourth-order valence-corrected chi connectivity index (χ4v) is 3.09. The molecule has 0 spiro atoms. The fourth-order valence-electron chi connectivity index (χ4n) is 1.45. The molecule has 0 unspecified atom stereocenters. The number of hydrogen-bond acceptors (Lipinski definition) is 3. The first kappa shape index (κ1) is 12.9. The first-order valence-corrected chi connectivity index (χ1v) is 7.16. The van der Waals surface area contributed by atoms with E-state index in [4.69, 9.17) is 11.6 Å². The lowest BCUT2D eigenvalue weighted by molar-refractivity contribution is 1.16. The van der Waals surface area contributed by atoms with Crippen molar-refractivity contribution in [2.75, 3.05) is 5.32 Å². The summed E-state index contributed by atoms with van der Waals surface area (Å²) in [5.74, 6) is 0. The zero-order chi connectivity index (χ0) is 12.4. The number of aromatic nitrogens is 1. The van der Waals surface area contributed by atoms with Crippen LogP contribution in [-0.4, -0.2) is 4.98 Å². The van der Waals surface area contributed by atoms with E-state index in [0.717, 1.165) is 17.8 Å². The average Bonchev–Trinajstić information content (AvgIpc) is 2.60. The van der Waals surface area contributed by atoms with Gasteiger partial charge in [0.1, 0.15) is 5.15 Å². The summed E-state index contributed by atoms with van der Waals surface area (Å²) in [6.45, 7) is 4.86. The van der Waals surface area contributed by atoms with Crippen LogP contribution in [0, 0.1) is 13.8 Å². The summed E-state index contributed by atoms with van der Waals surface area (Å²) in [6.07, 6.45) is 1.75. The van der Waals surface area contributed by atoms with Crippen molar-refractivity contribution in [1.82, 2.24) is 4.98 Å². The molecule has 0 aromatic carbocycles. The predicted molar refractivity (Wildman–Crippen MR) is 78.1 cm³/mol. The normalized spacial score (nSPS) is 10.6. The number of rotatable bonds is 3. The van der Waals surface area contributed by atoms with Gasteiger partial charge in [0.05, 0.1) is 11.9 Å². The van der Waals surface area contributed by atoms with Gasteiger partial charge in [-0.15, -0.1) is 11.3 Å². The molecule has 5 heteroatoms. The summed E-state index contributed by atoms with van der Waals surface area (Å²) >= 11 is 11.2. The highest BCUT2D eigenvalue weighted by molar-refractivity contribution is 9.10. The Kier molecular flexibility index (Phi) is 4.07. The second-order valence-electron chi connectivity index (χ2n) is 3.80. The maximum absolute atomic E-state index is 5.88. The van der Waals surface area contributed by atoms with Crippen molar-refractivity contribution in [3.63, 3.8) is 0 Å². The van der Waals surface area contributed by atoms with Gasteiger partial charge in [0.25, 0.3) is 0 Å². The molecule has 0 saturated heterocycles. The lowest BCUT2D eigenvalue weighted by Crippen LogP contribution is -1.98. The Hall–Kier alpha value is -0.580. The Bertz CT molecular complexity index is 520. The number of hydrogen-bond donors (Lipinski definition) is 1. The molecule has 2 nitrogen and oxygen atoms in total. The molecule has 2 aromatic heterocycles. The average molecular weight is 332 g/mol. The van der Waals surface area contributed by atoms with Crippen LogP contribution in [-0.2, 0) is 6.54 Å². The lowest BCUT2D eigenvalue weighted by Gasteiger charge is -2.05. The van der Waals surface area contributed by atoms with Gasteiger partial charge in [-0.05, 0) is 47.5 Å². The Morgan fingerprint density at radius 1 is 1.41 bits per heavy atom. The zero-order valence-corrected chi connectivity index (χ0v) is 12.7. The van der Waals surface area contributed by atoms with E-state index >= 15 is 0 Å². The topological polar surface area (TPSA) is 24.9 Å². The molecule has 0 saturated carbocycles. The molecule has 90 valence electrons. The molecule has 0 aliphatic rings. The van der Waals surface area contributed by atoms with E-state index in [-0.39, 0.29) is 0 Å². The van der Waals surface area contributed by atoms with Gasteiger partial charge in [-0.25, -0.2) is 4.98 Å². The third-order valence-corrected chi connectivity index (χ3v) is 4.92. The van der Waals surface area contributed by atoms with Crippen LogP contribution < -0.4 is 5.32 Å². The highest BCUT2D eigenvalue weighted by Crippen LogP contribution is 2.27. The third-order valence-electron chi connectivity index (χ3n) is 2.39. The number of aryl methyl sites for hydroxylation is 2. The smallest absolute Gasteiger partial charge is 0.132 e. The molecule has 0 radical (unpaired) electrons. The SMILES string of the molecule is Cc1cc(NCc2cc(Br)c(C)s2)cnc1Cl. The van der Waals surface area contributed by atoms with Crippen molar-refractivity contribution in [3.8, 4) is 0 Å². The summed E-state index contributed by atoms with van der Waals surface area (Å²) in [7, 11) is 0. The van der Waals surface area contributed by atoms with Crippen molar-refractivity contribution in [1.29, 1.82) is 0 Å². The highest BCUT2D eigenvalue weighted by atomic mass is 79.9. The lowest BCUT2D eigenvalue weighted by atomic mass is 10.3. The molecule has 0 aliphatic carbocycles. The van der Waals surface area contributed by atoms with Crippen LogP contribution in [0.3, 0.4) is 0 Å². The monoisotopic (exact) mass is 330 g/mol. The first-order valence-electron chi connectivity index (χ1n) is 5.17. The Balaban J connectivity index is 2.04. The zero-order valence-electron chi connectivity index (χ0n) is 9.55.